The maximum absolute atomic E-state index is 5.96. The highest BCUT2D eigenvalue weighted by molar-refractivity contribution is 6.35. The fourth-order valence-electron chi connectivity index (χ4n) is 0.972. The monoisotopic (exact) mass is 203 g/mol. The smallest absolute Gasteiger partial charge is 0.0641 e. The Morgan fingerprint density at radius 3 is 2.50 bits per heavy atom. The Kier molecular flexibility index (Phi) is 3.24. The van der Waals surface area contributed by atoms with E-state index in [1.807, 2.05) is 26.0 Å². The Hall–Kier alpha value is -0.400. The minimum atomic E-state index is 0.721. The molecule has 1 aromatic rings. The number of hydrogen-bond acceptors (Lipinski definition) is 1. The van der Waals surface area contributed by atoms with E-state index < -0.39 is 0 Å². The van der Waals surface area contributed by atoms with Crippen LogP contribution in [0.1, 0.15) is 12.5 Å². The lowest BCUT2D eigenvalue weighted by molar-refractivity contribution is 1.21. The van der Waals surface area contributed by atoms with Crippen LogP contribution in [-0.2, 0) is 0 Å². The maximum atomic E-state index is 5.96. The van der Waals surface area contributed by atoms with Gasteiger partial charge in [-0.15, -0.1) is 0 Å². The summed E-state index contributed by atoms with van der Waals surface area (Å²) in [5, 5.41) is 4.59. The topological polar surface area (TPSA) is 12.0 Å². The van der Waals surface area contributed by atoms with Crippen LogP contribution in [0.4, 0.5) is 5.69 Å². The van der Waals surface area contributed by atoms with E-state index >= 15 is 0 Å². The molecule has 1 nitrogen and oxygen atoms in total. The van der Waals surface area contributed by atoms with Gasteiger partial charge in [-0.05, 0) is 31.5 Å². The van der Waals surface area contributed by atoms with Crippen LogP contribution < -0.4 is 5.32 Å². The van der Waals surface area contributed by atoms with Crippen LogP contribution in [0.2, 0.25) is 10.0 Å². The normalized spacial score (nSPS) is 10.0. The molecule has 1 aromatic carbocycles. The zero-order valence-corrected chi connectivity index (χ0v) is 8.63. The van der Waals surface area contributed by atoms with Crippen LogP contribution in [-0.4, -0.2) is 6.54 Å². The van der Waals surface area contributed by atoms with Crippen LogP contribution in [0, 0.1) is 6.92 Å². The maximum Gasteiger partial charge on any atom is 0.0641 e. The van der Waals surface area contributed by atoms with Crippen molar-refractivity contribution in [2.45, 2.75) is 13.8 Å². The lowest BCUT2D eigenvalue weighted by Crippen LogP contribution is -1.97. The SMILES string of the molecule is CCNc1cc(Cl)c(C)cc1Cl. The summed E-state index contributed by atoms with van der Waals surface area (Å²) in [6.45, 7) is 4.80. The van der Waals surface area contributed by atoms with Crippen molar-refractivity contribution in [1.82, 2.24) is 0 Å². The summed E-state index contributed by atoms with van der Waals surface area (Å²) < 4.78 is 0. The van der Waals surface area contributed by atoms with Gasteiger partial charge in [-0.1, -0.05) is 23.2 Å². The van der Waals surface area contributed by atoms with E-state index in [-0.39, 0.29) is 0 Å². The molecule has 0 amide bonds. The minimum absolute atomic E-state index is 0.721. The van der Waals surface area contributed by atoms with E-state index in [0.717, 1.165) is 27.8 Å². The second-order valence-electron chi connectivity index (χ2n) is 2.61. The molecule has 1 rings (SSSR count). The molecule has 0 bridgehead atoms. The quantitative estimate of drug-likeness (QED) is 0.773. The first-order chi connectivity index (χ1) is 5.65. The molecule has 66 valence electrons. The first-order valence-electron chi connectivity index (χ1n) is 3.84. The summed E-state index contributed by atoms with van der Waals surface area (Å²) in [7, 11) is 0. The molecule has 0 aliphatic carbocycles. The molecular weight excluding hydrogens is 193 g/mol. The van der Waals surface area contributed by atoms with E-state index in [1.54, 1.807) is 0 Å². The first-order valence-corrected chi connectivity index (χ1v) is 4.60. The van der Waals surface area contributed by atoms with Gasteiger partial charge >= 0.3 is 0 Å². The van der Waals surface area contributed by atoms with Gasteiger partial charge in [-0.3, -0.25) is 0 Å². The molecule has 0 radical (unpaired) electrons. The van der Waals surface area contributed by atoms with Crippen molar-refractivity contribution in [2.24, 2.45) is 0 Å². The molecule has 0 aliphatic heterocycles. The van der Waals surface area contributed by atoms with Gasteiger partial charge in [0.2, 0.25) is 0 Å². The Labute approximate surface area is 82.7 Å². The molecule has 0 atom stereocenters. The number of benzene rings is 1. The van der Waals surface area contributed by atoms with E-state index in [9.17, 15) is 0 Å². The molecule has 0 fully saturated rings. The molecule has 0 saturated carbocycles. The van der Waals surface area contributed by atoms with E-state index in [4.69, 9.17) is 23.2 Å². The van der Waals surface area contributed by atoms with Gasteiger partial charge < -0.3 is 5.32 Å². The average molecular weight is 204 g/mol. The largest absolute Gasteiger partial charge is 0.384 e. The van der Waals surface area contributed by atoms with Crippen LogP contribution in [0.3, 0.4) is 0 Å². The predicted molar refractivity (Wildman–Crippen MR) is 55.4 cm³/mol. The van der Waals surface area contributed by atoms with Crippen molar-refractivity contribution in [2.75, 3.05) is 11.9 Å². The van der Waals surface area contributed by atoms with E-state index in [0.29, 0.717) is 0 Å². The number of rotatable bonds is 2. The predicted octanol–water partition coefficient (Wildman–Crippen LogP) is 3.73. The molecular formula is C9H11Cl2N. The lowest BCUT2D eigenvalue weighted by atomic mass is 10.2. The number of halogens is 2. The summed E-state index contributed by atoms with van der Waals surface area (Å²) in [5.74, 6) is 0. The summed E-state index contributed by atoms with van der Waals surface area (Å²) in [5.41, 5.74) is 1.90. The van der Waals surface area contributed by atoms with Crippen molar-refractivity contribution in [3.63, 3.8) is 0 Å². The van der Waals surface area contributed by atoms with Crippen LogP contribution >= 0.6 is 23.2 Å². The molecule has 0 aliphatic rings. The van der Waals surface area contributed by atoms with Crippen molar-refractivity contribution in [3.8, 4) is 0 Å². The summed E-state index contributed by atoms with van der Waals surface area (Å²) in [6.07, 6.45) is 0. The fraction of sp³-hybridized carbons (Fsp3) is 0.333. The molecule has 0 unspecified atom stereocenters. The number of hydrogen-bond donors (Lipinski definition) is 1. The average Bonchev–Trinajstić information content (AvgIpc) is 2.01. The van der Waals surface area contributed by atoms with Gasteiger partial charge in [0, 0.05) is 11.6 Å². The summed E-state index contributed by atoms with van der Waals surface area (Å²) in [6, 6.07) is 3.71. The Morgan fingerprint density at radius 1 is 1.25 bits per heavy atom. The Bertz CT molecular complexity index is 284. The molecule has 1 N–H and O–H groups in total. The minimum Gasteiger partial charge on any atom is -0.384 e. The van der Waals surface area contributed by atoms with Gasteiger partial charge in [-0.2, -0.15) is 0 Å². The van der Waals surface area contributed by atoms with Crippen LogP contribution in [0.15, 0.2) is 12.1 Å². The fourth-order valence-corrected chi connectivity index (χ4v) is 1.42. The second-order valence-corrected chi connectivity index (χ2v) is 3.43. The molecule has 0 aromatic heterocycles. The van der Waals surface area contributed by atoms with Gasteiger partial charge in [0.1, 0.15) is 0 Å². The molecule has 3 heteroatoms. The zero-order chi connectivity index (χ0) is 9.14. The van der Waals surface area contributed by atoms with Crippen molar-refractivity contribution >= 4 is 28.9 Å². The Morgan fingerprint density at radius 2 is 1.92 bits per heavy atom. The third-order valence-corrected chi connectivity index (χ3v) is 2.34. The number of nitrogens with one attached hydrogen (secondary N) is 1. The third kappa shape index (κ3) is 2.05. The van der Waals surface area contributed by atoms with E-state index in [1.165, 1.54) is 0 Å². The third-order valence-electron chi connectivity index (χ3n) is 1.62. The second kappa shape index (κ2) is 4.01. The molecule has 0 saturated heterocycles. The Balaban J connectivity index is 3.05. The zero-order valence-electron chi connectivity index (χ0n) is 7.12. The van der Waals surface area contributed by atoms with Crippen molar-refractivity contribution in [3.05, 3.63) is 27.7 Å². The van der Waals surface area contributed by atoms with Crippen molar-refractivity contribution in [1.29, 1.82) is 0 Å². The molecule has 12 heavy (non-hydrogen) atoms. The van der Waals surface area contributed by atoms with Gasteiger partial charge in [0.15, 0.2) is 0 Å². The number of anilines is 1. The molecule has 0 spiro atoms. The highest BCUT2D eigenvalue weighted by Crippen LogP contribution is 2.28. The first kappa shape index (κ1) is 9.69. The molecule has 0 heterocycles. The highest BCUT2D eigenvalue weighted by Gasteiger charge is 2.02. The van der Waals surface area contributed by atoms with Gasteiger partial charge in [-0.25, -0.2) is 0 Å². The van der Waals surface area contributed by atoms with Crippen LogP contribution in [0.25, 0.3) is 0 Å². The number of aryl methyl sites for hydroxylation is 1. The van der Waals surface area contributed by atoms with Crippen LogP contribution in [0.5, 0.6) is 0 Å². The van der Waals surface area contributed by atoms with Gasteiger partial charge in [0.05, 0.1) is 10.7 Å². The highest BCUT2D eigenvalue weighted by atomic mass is 35.5. The lowest BCUT2D eigenvalue weighted by Gasteiger charge is -2.07. The van der Waals surface area contributed by atoms with E-state index in [2.05, 4.69) is 5.32 Å². The van der Waals surface area contributed by atoms with Crippen molar-refractivity contribution < 1.29 is 0 Å². The van der Waals surface area contributed by atoms with Gasteiger partial charge in [0.25, 0.3) is 0 Å². The summed E-state index contributed by atoms with van der Waals surface area (Å²) in [4.78, 5) is 0. The standard InChI is InChI=1S/C9H11Cl2N/c1-3-12-9-5-7(10)6(2)4-8(9)11/h4-5,12H,3H2,1-2H3. The summed E-state index contributed by atoms with van der Waals surface area (Å²) >= 11 is 11.9.